The molecule has 152 valence electrons. The Balaban J connectivity index is 1.43. The highest BCUT2D eigenvalue weighted by atomic mass is 32.1. The minimum atomic E-state index is 0.707. The summed E-state index contributed by atoms with van der Waals surface area (Å²) in [5.41, 5.74) is 2.67. The van der Waals surface area contributed by atoms with E-state index >= 15 is 0 Å². The third-order valence-corrected chi connectivity index (χ3v) is 6.31. The molecular formula is C22H33N5S. The maximum Gasteiger partial charge on any atom is 0.191 e. The average molecular weight is 400 g/mol. The van der Waals surface area contributed by atoms with Gasteiger partial charge in [-0.05, 0) is 43.5 Å². The number of hydrogen-bond acceptors (Lipinski definition) is 4. The second kappa shape index (κ2) is 11.2. The first-order valence-corrected chi connectivity index (χ1v) is 11.3. The van der Waals surface area contributed by atoms with Crippen molar-refractivity contribution in [2.45, 2.75) is 58.7 Å². The molecule has 0 radical (unpaired) electrons. The molecule has 0 saturated carbocycles. The summed E-state index contributed by atoms with van der Waals surface area (Å²) in [7, 11) is 1.80. The van der Waals surface area contributed by atoms with Gasteiger partial charge in [0.25, 0.3) is 0 Å². The van der Waals surface area contributed by atoms with Crippen LogP contribution in [0.5, 0.6) is 0 Å². The third kappa shape index (κ3) is 6.60. The second-order valence-electron chi connectivity index (χ2n) is 7.36. The summed E-state index contributed by atoms with van der Waals surface area (Å²) in [6.07, 6.45) is 8.46. The number of guanidine groups is 1. The molecule has 1 aromatic carbocycles. The molecule has 6 heteroatoms. The van der Waals surface area contributed by atoms with Crippen molar-refractivity contribution in [2.75, 3.05) is 20.1 Å². The van der Waals surface area contributed by atoms with Crippen LogP contribution >= 0.6 is 11.3 Å². The van der Waals surface area contributed by atoms with Crippen LogP contribution in [0.15, 0.2) is 35.5 Å². The zero-order chi connectivity index (χ0) is 19.6. The van der Waals surface area contributed by atoms with Gasteiger partial charge in [0.2, 0.25) is 0 Å². The molecule has 0 aliphatic carbocycles. The molecule has 2 N–H and O–H groups in total. The van der Waals surface area contributed by atoms with Crippen LogP contribution in [-0.2, 0) is 26.1 Å². The Labute approximate surface area is 173 Å². The van der Waals surface area contributed by atoms with Gasteiger partial charge in [-0.25, -0.2) is 4.98 Å². The number of aryl methyl sites for hydroxylation is 1. The molecule has 2 heterocycles. The Morgan fingerprint density at radius 1 is 1.04 bits per heavy atom. The number of nitrogens with zero attached hydrogens (tertiary/aromatic N) is 3. The summed E-state index contributed by atoms with van der Waals surface area (Å²) >= 11 is 1.76. The molecule has 2 aromatic rings. The Morgan fingerprint density at radius 2 is 1.71 bits per heavy atom. The Morgan fingerprint density at radius 3 is 2.36 bits per heavy atom. The smallest absolute Gasteiger partial charge is 0.191 e. The lowest BCUT2D eigenvalue weighted by molar-refractivity contribution is 0.277. The maximum atomic E-state index is 4.44. The summed E-state index contributed by atoms with van der Waals surface area (Å²) < 4.78 is 0. The van der Waals surface area contributed by atoms with Crippen molar-refractivity contribution in [3.05, 3.63) is 51.5 Å². The number of rotatable bonds is 7. The van der Waals surface area contributed by atoms with Gasteiger partial charge in [0.05, 0.1) is 6.54 Å². The summed E-state index contributed by atoms with van der Waals surface area (Å²) in [5, 5.41) is 7.83. The lowest BCUT2D eigenvalue weighted by Gasteiger charge is -2.20. The number of nitrogens with one attached hydrogen (secondary N) is 2. The van der Waals surface area contributed by atoms with Crippen LogP contribution in [0.25, 0.3) is 0 Å². The van der Waals surface area contributed by atoms with Crippen molar-refractivity contribution < 1.29 is 0 Å². The fourth-order valence-electron chi connectivity index (χ4n) is 3.47. The summed E-state index contributed by atoms with van der Waals surface area (Å²) in [5.74, 6) is 0.807. The molecule has 28 heavy (non-hydrogen) atoms. The van der Waals surface area contributed by atoms with Crippen molar-refractivity contribution in [3.8, 4) is 0 Å². The third-order valence-electron chi connectivity index (χ3n) is 5.17. The fraction of sp³-hybridized carbons (Fsp3) is 0.545. The molecule has 1 aromatic heterocycles. The van der Waals surface area contributed by atoms with E-state index in [0.29, 0.717) is 6.54 Å². The molecule has 1 aliphatic rings. The minimum Gasteiger partial charge on any atom is -0.352 e. The molecule has 1 saturated heterocycles. The molecule has 0 unspecified atom stereocenters. The average Bonchev–Trinajstić information content (AvgIpc) is 3.04. The topological polar surface area (TPSA) is 52.6 Å². The highest BCUT2D eigenvalue weighted by molar-refractivity contribution is 7.11. The van der Waals surface area contributed by atoms with E-state index in [-0.39, 0.29) is 0 Å². The summed E-state index contributed by atoms with van der Waals surface area (Å²) in [6, 6.07) is 8.98. The highest BCUT2D eigenvalue weighted by Crippen LogP contribution is 2.14. The van der Waals surface area contributed by atoms with E-state index in [1.807, 2.05) is 6.20 Å². The molecule has 0 atom stereocenters. The van der Waals surface area contributed by atoms with Crippen LogP contribution in [0.2, 0.25) is 0 Å². The van der Waals surface area contributed by atoms with E-state index in [9.17, 15) is 0 Å². The molecule has 1 fully saturated rings. The number of thiazole rings is 1. The van der Waals surface area contributed by atoms with E-state index in [2.05, 4.69) is 56.7 Å². The van der Waals surface area contributed by atoms with Crippen LogP contribution < -0.4 is 10.6 Å². The standard InChI is InChI=1S/C22H33N5S/c1-3-20-15-24-21(28-20)16-26-22(23-2)25-14-18-8-10-19(11-9-18)17-27-12-6-4-5-7-13-27/h8-11,15H,3-7,12-14,16-17H2,1-2H3,(H2,23,25,26). The van der Waals surface area contributed by atoms with Gasteiger partial charge in [-0.1, -0.05) is 44.0 Å². The number of aromatic nitrogens is 1. The van der Waals surface area contributed by atoms with Gasteiger partial charge in [0.1, 0.15) is 5.01 Å². The molecule has 0 amide bonds. The highest BCUT2D eigenvalue weighted by Gasteiger charge is 2.09. The normalized spacial score (nSPS) is 16.0. The minimum absolute atomic E-state index is 0.707. The monoisotopic (exact) mass is 399 g/mol. The van der Waals surface area contributed by atoms with E-state index in [1.165, 1.54) is 54.8 Å². The predicted octanol–water partition coefficient (Wildman–Crippen LogP) is 3.95. The van der Waals surface area contributed by atoms with E-state index in [1.54, 1.807) is 18.4 Å². The number of hydrogen-bond donors (Lipinski definition) is 2. The van der Waals surface area contributed by atoms with Crippen molar-refractivity contribution in [1.82, 2.24) is 20.5 Å². The summed E-state index contributed by atoms with van der Waals surface area (Å²) in [4.78, 5) is 12.7. The van der Waals surface area contributed by atoms with Crippen molar-refractivity contribution in [3.63, 3.8) is 0 Å². The summed E-state index contributed by atoms with van der Waals surface area (Å²) in [6.45, 7) is 7.18. The molecule has 1 aliphatic heterocycles. The number of benzene rings is 1. The molecule has 0 spiro atoms. The lowest BCUT2D eigenvalue weighted by atomic mass is 10.1. The van der Waals surface area contributed by atoms with Gasteiger partial charge in [0, 0.05) is 31.2 Å². The van der Waals surface area contributed by atoms with Gasteiger partial charge < -0.3 is 10.6 Å². The van der Waals surface area contributed by atoms with Crippen molar-refractivity contribution in [1.29, 1.82) is 0 Å². The van der Waals surface area contributed by atoms with E-state index in [0.717, 1.165) is 30.5 Å². The molecule has 0 bridgehead atoms. The Bertz CT molecular complexity index is 730. The molecule has 3 rings (SSSR count). The van der Waals surface area contributed by atoms with Gasteiger partial charge >= 0.3 is 0 Å². The fourth-order valence-corrected chi connectivity index (χ4v) is 4.28. The van der Waals surface area contributed by atoms with Gasteiger partial charge in [-0.15, -0.1) is 11.3 Å². The number of likely N-dealkylation sites (tertiary alicyclic amines) is 1. The van der Waals surface area contributed by atoms with Gasteiger partial charge in [-0.2, -0.15) is 0 Å². The molecular weight excluding hydrogens is 366 g/mol. The van der Waals surface area contributed by atoms with Crippen LogP contribution in [0.1, 0.15) is 53.6 Å². The predicted molar refractivity (Wildman–Crippen MR) is 119 cm³/mol. The first-order chi connectivity index (χ1) is 13.8. The zero-order valence-electron chi connectivity index (χ0n) is 17.2. The van der Waals surface area contributed by atoms with Gasteiger partial charge in [0.15, 0.2) is 5.96 Å². The first kappa shape index (κ1) is 20.8. The SMILES string of the molecule is CCc1cnc(CNC(=NC)NCc2ccc(CN3CCCCCC3)cc2)s1. The maximum absolute atomic E-state index is 4.44. The van der Waals surface area contributed by atoms with E-state index < -0.39 is 0 Å². The Kier molecular flexibility index (Phi) is 8.30. The quantitative estimate of drug-likeness (QED) is 0.547. The molecule has 5 nitrogen and oxygen atoms in total. The van der Waals surface area contributed by atoms with E-state index in [4.69, 9.17) is 0 Å². The van der Waals surface area contributed by atoms with Crippen LogP contribution in [0, 0.1) is 0 Å². The van der Waals surface area contributed by atoms with Crippen LogP contribution in [0.3, 0.4) is 0 Å². The van der Waals surface area contributed by atoms with Gasteiger partial charge in [-0.3, -0.25) is 9.89 Å². The van der Waals surface area contributed by atoms with Crippen molar-refractivity contribution in [2.24, 2.45) is 4.99 Å². The van der Waals surface area contributed by atoms with Crippen molar-refractivity contribution >= 4 is 17.3 Å². The second-order valence-corrected chi connectivity index (χ2v) is 8.56. The lowest BCUT2D eigenvalue weighted by Crippen LogP contribution is -2.36. The Hall–Kier alpha value is -1.92. The van der Waals surface area contributed by atoms with Crippen LogP contribution in [0.4, 0.5) is 0 Å². The largest absolute Gasteiger partial charge is 0.352 e. The number of aliphatic imine (C=N–C) groups is 1. The first-order valence-electron chi connectivity index (χ1n) is 10.4. The zero-order valence-corrected chi connectivity index (χ0v) is 18.0. The van der Waals surface area contributed by atoms with Crippen LogP contribution in [-0.4, -0.2) is 36.0 Å².